The minimum absolute atomic E-state index is 0.639. The van der Waals surface area contributed by atoms with Gasteiger partial charge in [-0.1, -0.05) is 25.1 Å². The fourth-order valence-corrected chi connectivity index (χ4v) is 1.22. The van der Waals surface area contributed by atoms with Crippen LogP contribution >= 0.6 is 0 Å². The second kappa shape index (κ2) is 8.92. The third kappa shape index (κ3) is 5.51. The maximum atomic E-state index is 9.17. The summed E-state index contributed by atoms with van der Waals surface area (Å²) in [6.45, 7) is 2.49. The Morgan fingerprint density at radius 3 is 2.31 bits per heavy atom. The topological polar surface area (TPSA) is 29.5 Å². The highest BCUT2D eigenvalue weighted by Gasteiger charge is 2.01. The Hall–Kier alpha value is -1.35. The first kappa shape index (κ1) is 14.6. The zero-order valence-electron chi connectivity index (χ0n) is 10.6. The predicted octanol–water partition coefficient (Wildman–Crippen LogP) is 2.49. The Morgan fingerprint density at radius 2 is 1.88 bits per heavy atom. The maximum Gasteiger partial charge on any atom is 0.119 e. The van der Waals surface area contributed by atoms with Crippen LogP contribution in [0, 0.1) is 0 Å². The van der Waals surface area contributed by atoms with Gasteiger partial charge in [0.15, 0.2) is 0 Å². The molecule has 0 aromatic heterocycles. The molecule has 0 atom stereocenters. The van der Waals surface area contributed by atoms with E-state index in [0.29, 0.717) is 13.0 Å². The van der Waals surface area contributed by atoms with Crippen molar-refractivity contribution in [2.45, 2.75) is 20.0 Å². The van der Waals surface area contributed by atoms with Crippen molar-refractivity contribution in [1.29, 1.82) is 0 Å². The molecule has 3 nitrogen and oxygen atoms in total. The standard InChI is InChI=1S/C10H15NO.C3H6O/c1-11(2)10-7-5-4-6-9(10)8-12-3;1-2-3-4/h4-7H,8H2,1-3H3;3H,2H2,1H3. The molecule has 1 rings (SSSR count). The maximum absolute atomic E-state index is 9.17. The van der Waals surface area contributed by atoms with E-state index in [4.69, 9.17) is 4.74 Å². The lowest BCUT2D eigenvalue weighted by Crippen LogP contribution is -2.11. The average Bonchev–Trinajstić information content (AvgIpc) is 2.30. The summed E-state index contributed by atoms with van der Waals surface area (Å²) >= 11 is 0. The number of ether oxygens (including phenoxy) is 1. The molecule has 0 heterocycles. The van der Waals surface area contributed by atoms with Gasteiger partial charge in [-0.25, -0.2) is 0 Å². The van der Waals surface area contributed by atoms with Crippen LogP contribution in [0.4, 0.5) is 5.69 Å². The first-order chi connectivity index (χ1) is 7.67. The summed E-state index contributed by atoms with van der Waals surface area (Å²) in [5.74, 6) is 0. The number of carbonyl (C=O) groups is 1. The van der Waals surface area contributed by atoms with E-state index in [1.807, 2.05) is 33.2 Å². The molecule has 90 valence electrons. The Labute approximate surface area is 98.0 Å². The van der Waals surface area contributed by atoms with E-state index in [0.717, 1.165) is 6.29 Å². The van der Waals surface area contributed by atoms with Crippen molar-refractivity contribution < 1.29 is 9.53 Å². The highest BCUT2D eigenvalue weighted by molar-refractivity contribution is 5.52. The van der Waals surface area contributed by atoms with Crippen molar-refractivity contribution in [2.75, 3.05) is 26.1 Å². The third-order valence-electron chi connectivity index (χ3n) is 1.94. The van der Waals surface area contributed by atoms with Gasteiger partial charge in [-0.15, -0.1) is 0 Å². The molecule has 0 saturated heterocycles. The van der Waals surface area contributed by atoms with E-state index < -0.39 is 0 Å². The van der Waals surface area contributed by atoms with Crippen LogP contribution in [0.3, 0.4) is 0 Å². The van der Waals surface area contributed by atoms with Gasteiger partial charge in [0.2, 0.25) is 0 Å². The van der Waals surface area contributed by atoms with Crippen molar-refractivity contribution in [3.05, 3.63) is 29.8 Å². The molecule has 0 unspecified atom stereocenters. The molecule has 0 spiro atoms. The monoisotopic (exact) mass is 223 g/mol. The number of rotatable bonds is 4. The van der Waals surface area contributed by atoms with Crippen molar-refractivity contribution in [2.24, 2.45) is 0 Å². The van der Waals surface area contributed by atoms with E-state index in [-0.39, 0.29) is 0 Å². The molecule has 0 fully saturated rings. The number of nitrogens with zero attached hydrogens (tertiary/aromatic N) is 1. The Bertz CT molecular complexity index is 298. The van der Waals surface area contributed by atoms with Gasteiger partial charge >= 0.3 is 0 Å². The van der Waals surface area contributed by atoms with Crippen molar-refractivity contribution in [3.8, 4) is 0 Å². The second-order valence-corrected chi connectivity index (χ2v) is 3.53. The lowest BCUT2D eigenvalue weighted by molar-refractivity contribution is -0.107. The highest BCUT2D eigenvalue weighted by atomic mass is 16.5. The van der Waals surface area contributed by atoms with Crippen LogP contribution in [-0.4, -0.2) is 27.5 Å². The first-order valence-corrected chi connectivity index (χ1v) is 5.35. The Morgan fingerprint density at radius 1 is 1.31 bits per heavy atom. The van der Waals surface area contributed by atoms with Crippen molar-refractivity contribution in [1.82, 2.24) is 0 Å². The predicted molar refractivity (Wildman–Crippen MR) is 67.8 cm³/mol. The molecule has 1 aromatic rings. The van der Waals surface area contributed by atoms with E-state index in [1.54, 1.807) is 7.11 Å². The normalized spacial score (nSPS) is 9.00. The Balaban J connectivity index is 0.000000487. The summed E-state index contributed by atoms with van der Waals surface area (Å²) in [5.41, 5.74) is 2.45. The van der Waals surface area contributed by atoms with Crippen molar-refractivity contribution >= 4 is 12.0 Å². The lowest BCUT2D eigenvalue weighted by Gasteiger charge is -2.16. The van der Waals surface area contributed by atoms with Crippen LogP contribution in [-0.2, 0) is 16.1 Å². The summed E-state index contributed by atoms with van der Waals surface area (Å²) in [6.07, 6.45) is 1.51. The number of hydrogen-bond acceptors (Lipinski definition) is 3. The molecule has 3 heteroatoms. The molecular formula is C13H21NO2. The fourth-order valence-electron chi connectivity index (χ4n) is 1.22. The minimum Gasteiger partial charge on any atom is -0.380 e. The third-order valence-corrected chi connectivity index (χ3v) is 1.94. The van der Waals surface area contributed by atoms with Crippen LogP contribution in [0.15, 0.2) is 24.3 Å². The minimum atomic E-state index is 0.639. The van der Waals surface area contributed by atoms with Gasteiger partial charge < -0.3 is 14.4 Å². The number of hydrogen-bond donors (Lipinski definition) is 0. The van der Waals surface area contributed by atoms with E-state index in [2.05, 4.69) is 17.0 Å². The summed E-state index contributed by atoms with van der Waals surface area (Å²) < 4.78 is 5.09. The number of benzene rings is 1. The number of anilines is 1. The molecular weight excluding hydrogens is 202 g/mol. The SMILES string of the molecule is CCC=O.COCc1ccccc1N(C)C. The van der Waals surface area contributed by atoms with Crippen LogP contribution in [0.2, 0.25) is 0 Å². The number of methoxy groups -OCH3 is 1. The lowest BCUT2D eigenvalue weighted by atomic mass is 10.2. The molecule has 0 radical (unpaired) electrons. The van der Waals surface area contributed by atoms with Gasteiger partial charge in [-0.05, 0) is 6.07 Å². The zero-order chi connectivity index (χ0) is 12.4. The van der Waals surface area contributed by atoms with Crippen LogP contribution < -0.4 is 4.90 Å². The number of para-hydroxylation sites is 1. The molecule has 0 saturated carbocycles. The molecule has 16 heavy (non-hydrogen) atoms. The van der Waals surface area contributed by atoms with Gasteiger partial charge in [0.05, 0.1) is 6.61 Å². The van der Waals surface area contributed by atoms with Gasteiger partial charge in [0.25, 0.3) is 0 Å². The first-order valence-electron chi connectivity index (χ1n) is 5.35. The second-order valence-electron chi connectivity index (χ2n) is 3.53. The molecule has 0 aliphatic carbocycles. The van der Waals surface area contributed by atoms with Gasteiger partial charge in [0.1, 0.15) is 6.29 Å². The molecule has 0 aliphatic heterocycles. The Kier molecular flexibility index (Phi) is 8.17. The van der Waals surface area contributed by atoms with E-state index in [1.165, 1.54) is 11.3 Å². The van der Waals surface area contributed by atoms with Gasteiger partial charge in [-0.3, -0.25) is 0 Å². The van der Waals surface area contributed by atoms with E-state index in [9.17, 15) is 4.79 Å². The zero-order valence-corrected chi connectivity index (χ0v) is 10.6. The quantitative estimate of drug-likeness (QED) is 0.734. The number of carbonyl (C=O) groups excluding carboxylic acids is 1. The van der Waals surface area contributed by atoms with E-state index >= 15 is 0 Å². The highest BCUT2D eigenvalue weighted by Crippen LogP contribution is 2.17. The fraction of sp³-hybridized carbons (Fsp3) is 0.462. The summed E-state index contributed by atoms with van der Waals surface area (Å²) in [7, 11) is 5.79. The van der Waals surface area contributed by atoms with Crippen LogP contribution in [0.5, 0.6) is 0 Å². The van der Waals surface area contributed by atoms with Crippen LogP contribution in [0.1, 0.15) is 18.9 Å². The van der Waals surface area contributed by atoms with Crippen molar-refractivity contribution in [3.63, 3.8) is 0 Å². The summed E-state index contributed by atoms with van der Waals surface area (Å²) in [4.78, 5) is 11.3. The summed E-state index contributed by atoms with van der Waals surface area (Å²) in [5, 5.41) is 0. The molecule has 0 amide bonds. The molecule has 1 aromatic carbocycles. The largest absolute Gasteiger partial charge is 0.380 e. The molecule has 0 aliphatic rings. The van der Waals surface area contributed by atoms with Crippen LogP contribution in [0.25, 0.3) is 0 Å². The summed E-state index contributed by atoms with van der Waals surface area (Å²) in [6, 6.07) is 8.24. The average molecular weight is 223 g/mol. The molecule has 0 bridgehead atoms. The van der Waals surface area contributed by atoms with Gasteiger partial charge in [0, 0.05) is 38.9 Å². The van der Waals surface area contributed by atoms with Gasteiger partial charge in [-0.2, -0.15) is 0 Å². The number of aldehydes is 1. The smallest absolute Gasteiger partial charge is 0.119 e. The molecule has 0 N–H and O–H groups in total.